The Hall–Kier alpha value is -3.37. The summed E-state index contributed by atoms with van der Waals surface area (Å²) in [6.45, 7) is 9.11. The first-order valence-electron chi connectivity index (χ1n) is 12.7. The summed E-state index contributed by atoms with van der Waals surface area (Å²) < 4.78 is 22.1. The number of carbonyl (C=O) groups excluding carboxylic acids is 2. The maximum Gasteiger partial charge on any atom is 0.247 e. The van der Waals surface area contributed by atoms with Crippen LogP contribution in [-0.2, 0) is 20.9 Å². The molecule has 1 saturated heterocycles. The fourth-order valence-electron chi connectivity index (χ4n) is 4.36. The Morgan fingerprint density at radius 2 is 1.84 bits per heavy atom. The van der Waals surface area contributed by atoms with E-state index in [1.165, 1.54) is 15.6 Å². The van der Waals surface area contributed by atoms with Crippen LogP contribution in [0, 0.1) is 5.82 Å². The molecular formula is C27H35FN6O3. The van der Waals surface area contributed by atoms with Crippen molar-refractivity contribution in [1.82, 2.24) is 30.1 Å². The van der Waals surface area contributed by atoms with Gasteiger partial charge >= 0.3 is 0 Å². The standard InChI is InChI=1S/C27H35FN6O3/c1-4-27(2,3)29-26(36)25(20-9-5-6-10-21(20)28)33(14-13-32-15-17-37-18-16-32)24(35)19-34-23-12-8-7-11-22(23)30-31-34/h5-12,25H,4,13-19H2,1-3H3,(H,29,36)/t25-/m1/s1. The van der Waals surface area contributed by atoms with Crippen molar-refractivity contribution in [3.05, 3.63) is 59.9 Å². The molecule has 0 saturated carbocycles. The van der Waals surface area contributed by atoms with E-state index in [0.29, 0.717) is 37.2 Å². The lowest BCUT2D eigenvalue weighted by molar-refractivity contribution is -0.142. The van der Waals surface area contributed by atoms with Crippen molar-refractivity contribution in [3.8, 4) is 0 Å². The van der Waals surface area contributed by atoms with Gasteiger partial charge in [0.05, 0.1) is 18.7 Å². The molecular weight excluding hydrogens is 475 g/mol. The van der Waals surface area contributed by atoms with Crippen molar-refractivity contribution in [2.45, 2.75) is 45.3 Å². The van der Waals surface area contributed by atoms with Crippen molar-refractivity contribution in [2.75, 3.05) is 39.4 Å². The van der Waals surface area contributed by atoms with Gasteiger partial charge in [-0.3, -0.25) is 14.5 Å². The lowest BCUT2D eigenvalue weighted by atomic mass is 9.98. The predicted octanol–water partition coefficient (Wildman–Crippen LogP) is 2.78. The Morgan fingerprint density at radius 3 is 2.57 bits per heavy atom. The molecule has 1 N–H and O–H groups in total. The number of fused-ring (bicyclic) bond motifs is 1. The molecule has 10 heteroatoms. The average Bonchev–Trinajstić information content (AvgIpc) is 3.30. The molecule has 2 aromatic carbocycles. The molecule has 0 unspecified atom stereocenters. The zero-order valence-corrected chi connectivity index (χ0v) is 21.7. The van der Waals surface area contributed by atoms with Gasteiger partial charge in [-0.15, -0.1) is 5.10 Å². The van der Waals surface area contributed by atoms with Gasteiger partial charge in [0.1, 0.15) is 23.9 Å². The zero-order chi connectivity index (χ0) is 26.4. The smallest absolute Gasteiger partial charge is 0.247 e. The van der Waals surface area contributed by atoms with Gasteiger partial charge in [-0.25, -0.2) is 9.07 Å². The van der Waals surface area contributed by atoms with Gasteiger partial charge in [-0.05, 0) is 38.5 Å². The minimum absolute atomic E-state index is 0.126. The summed E-state index contributed by atoms with van der Waals surface area (Å²) in [4.78, 5) is 31.3. The monoisotopic (exact) mass is 510 g/mol. The number of halogens is 1. The Kier molecular flexibility index (Phi) is 8.50. The molecule has 37 heavy (non-hydrogen) atoms. The second-order valence-electron chi connectivity index (χ2n) is 9.93. The Bertz CT molecular complexity index is 1220. The number of carbonyl (C=O) groups is 2. The van der Waals surface area contributed by atoms with E-state index in [1.807, 2.05) is 45.0 Å². The predicted molar refractivity (Wildman–Crippen MR) is 138 cm³/mol. The number of rotatable bonds is 10. The lowest BCUT2D eigenvalue weighted by Crippen LogP contribution is -2.52. The largest absolute Gasteiger partial charge is 0.379 e. The molecule has 4 rings (SSSR count). The van der Waals surface area contributed by atoms with Crippen LogP contribution in [0.15, 0.2) is 48.5 Å². The van der Waals surface area contributed by atoms with Gasteiger partial charge in [-0.2, -0.15) is 0 Å². The quantitative estimate of drug-likeness (QED) is 0.451. The molecule has 2 heterocycles. The van der Waals surface area contributed by atoms with Crippen molar-refractivity contribution in [3.63, 3.8) is 0 Å². The van der Waals surface area contributed by atoms with E-state index in [9.17, 15) is 9.59 Å². The topological polar surface area (TPSA) is 92.6 Å². The Morgan fingerprint density at radius 1 is 1.14 bits per heavy atom. The van der Waals surface area contributed by atoms with E-state index in [1.54, 1.807) is 18.2 Å². The molecule has 0 aliphatic carbocycles. The van der Waals surface area contributed by atoms with Crippen LogP contribution < -0.4 is 5.32 Å². The fourth-order valence-corrected chi connectivity index (χ4v) is 4.36. The molecule has 2 amide bonds. The average molecular weight is 511 g/mol. The third-order valence-corrected chi connectivity index (χ3v) is 6.89. The molecule has 1 atom stereocenters. The first-order valence-corrected chi connectivity index (χ1v) is 12.7. The molecule has 0 spiro atoms. The molecule has 3 aromatic rings. The SMILES string of the molecule is CCC(C)(C)NC(=O)[C@@H](c1ccccc1F)N(CCN1CCOCC1)C(=O)Cn1nnc2ccccc21. The molecule has 0 bridgehead atoms. The maximum atomic E-state index is 15.1. The highest BCUT2D eigenvalue weighted by Crippen LogP contribution is 2.26. The van der Waals surface area contributed by atoms with E-state index in [2.05, 4.69) is 20.5 Å². The first-order chi connectivity index (χ1) is 17.8. The highest BCUT2D eigenvalue weighted by Gasteiger charge is 2.36. The van der Waals surface area contributed by atoms with E-state index >= 15 is 4.39 Å². The van der Waals surface area contributed by atoms with Crippen LogP contribution in [0.4, 0.5) is 4.39 Å². The maximum absolute atomic E-state index is 15.1. The molecule has 1 fully saturated rings. The van der Waals surface area contributed by atoms with E-state index in [4.69, 9.17) is 4.74 Å². The summed E-state index contributed by atoms with van der Waals surface area (Å²) in [5.41, 5.74) is 1.01. The van der Waals surface area contributed by atoms with Gasteiger partial charge < -0.3 is 15.0 Å². The summed E-state index contributed by atoms with van der Waals surface area (Å²) in [6.07, 6.45) is 0.676. The summed E-state index contributed by atoms with van der Waals surface area (Å²) in [5.74, 6) is -1.30. The van der Waals surface area contributed by atoms with Crippen molar-refractivity contribution in [2.24, 2.45) is 0 Å². The summed E-state index contributed by atoms with van der Waals surface area (Å²) in [7, 11) is 0. The van der Waals surface area contributed by atoms with Crippen LogP contribution in [-0.4, -0.2) is 81.5 Å². The number of nitrogens with zero attached hydrogens (tertiary/aromatic N) is 5. The number of hydrogen-bond acceptors (Lipinski definition) is 6. The summed E-state index contributed by atoms with van der Waals surface area (Å²) >= 11 is 0. The molecule has 0 radical (unpaired) electrons. The van der Waals surface area contributed by atoms with Gasteiger partial charge in [0.25, 0.3) is 0 Å². The van der Waals surface area contributed by atoms with Crippen LogP contribution in [0.1, 0.15) is 38.8 Å². The molecule has 1 aliphatic rings. The Balaban J connectivity index is 1.69. The van der Waals surface area contributed by atoms with E-state index in [-0.39, 0.29) is 24.6 Å². The molecule has 1 aromatic heterocycles. The van der Waals surface area contributed by atoms with Gasteiger partial charge in [0, 0.05) is 37.3 Å². The van der Waals surface area contributed by atoms with E-state index in [0.717, 1.165) is 13.1 Å². The van der Waals surface area contributed by atoms with Crippen LogP contribution in [0.3, 0.4) is 0 Å². The minimum Gasteiger partial charge on any atom is -0.379 e. The fraction of sp³-hybridized carbons (Fsp3) is 0.481. The van der Waals surface area contributed by atoms with Crippen LogP contribution >= 0.6 is 0 Å². The molecule has 198 valence electrons. The minimum atomic E-state index is -1.14. The molecule has 9 nitrogen and oxygen atoms in total. The molecule has 1 aliphatic heterocycles. The Labute approximate surface area is 216 Å². The highest BCUT2D eigenvalue weighted by atomic mass is 19.1. The normalized spacial score (nSPS) is 15.5. The van der Waals surface area contributed by atoms with E-state index < -0.39 is 23.3 Å². The number of morpholine rings is 1. The third kappa shape index (κ3) is 6.50. The van der Waals surface area contributed by atoms with Crippen molar-refractivity contribution < 1.29 is 18.7 Å². The number of benzene rings is 2. The van der Waals surface area contributed by atoms with Crippen molar-refractivity contribution in [1.29, 1.82) is 0 Å². The number of hydrogen-bond donors (Lipinski definition) is 1. The second-order valence-corrected chi connectivity index (χ2v) is 9.93. The first kappa shape index (κ1) is 26.7. The summed E-state index contributed by atoms with van der Waals surface area (Å²) in [5, 5.41) is 11.3. The van der Waals surface area contributed by atoms with Crippen LogP contribution in [0.5, 0.6) is 0 Å². The number of nitrogens with one attached hydrogen (secondary N) is 1. The number of ether oxygens (including phenoxy) is 1. The zero-order valence-electron chi connectivity index (χ0n) is 21.7. The number of amides is 2. The second kappa shape index (κ2) is 11.8. The van der Waals surface area contributed by atoms with Crippen LogP contribution in [0.2, 0.25) is 0 Å². The summed E-state index contributed by atoms with van der Waals surface area (Å²) in [6, 6.07) is 12.4. The van der Waals surface area contributed by atoms with Crippen LogP contribution in [0.25, 0.3) is 11.0 Å². The lowest BCUT2D eigenvalue weighted by Gasteiger charge is -2.36. The van der Waals surface area contributed by atoms with Gasteiger partial charge in [0.15, 0.2) is 0 Å². The van der Waals surface area contributed by atoms with Gasteiger partial charge in [0.2, 0.25) is 11.8 Å². The number of para-hydroxylation sites is 1. The highest BCUT2D eigenvalue weighted by molar-refractivity contribution is 5.89. The number of aromatic nitrogens is 3. The van der Waals surface area contributed by atoms with Crippen molar-refractivity contribution >= 4 is 22.8 Å². The third-order valence-electron chi connectivity index (χ3n) is 6.89. The van der Waals surface area contributed by atoms with Gasteiger partial charge in [-0.1, -0.05) is 42.5 Å².